The number of carbonyl (C=O) groups excluding carboxylic acids is 5. The second kappa shape index (κ2) is 18.2. The highest BCUT2D eigenvalue weighted by Crippen LogP contribution is 2.31. The molecule has 0 radical (unpaired) electrons. The number of urea groups is 1. The molecule has 5 amide bonds. The zero-order chi connectivity index (χ0) is 44.2. The van der Waals surface area contributed by atoms with Crippen LogP contribution in [0.25, 0.3) is 16.6 Å². The van der Waals surface area contributed by atoms with Crippen LogP contribution in [0.1, 0.15) is 57.1 Å². The third-order valence-corrected chi connectivity index (χ3v) is 9.81. The summed E-state index contributed by atoms with van der Waals surface area (Å²) < 4.78 is 7.71. The van der Waals surface area contributed by atoms with E-state index >= 15 is 0 Å². The van der Waals surface area contributed by atoms with Gasteiger partial charge in [0.2, 0.25) is 5.91 Å². The van der Waals surface area contributed by atoms with Gasteiger partial charge in [-0.05, 0) is 104 Å². The summed E-state index contributed by atoms with van der Waals surface area (Å²) in [5, 5.41) is 39.7. The summed E-state index contributed by atoms with van der Waals surface area (Å²) in [5.41, 5.74) is 0.827. The lowest BCUT2D eigenvalue weighted by molar-refractivity contribution is -0.149. The van der Waals surface area contributed by atoms with Gasteiger partial charge in [-0.2, -0.15) is 4.68 Å². The fourth-order valence-corrected chi connectivity index (χ4v) is 7.09. The number of hydrogen-bond donors (Lipinski definition) is 5. The van der Waals surface area contributed by atoms with Crippen molar-refractivity contribution in [3.05, 3.63) is 89.3 Å². The van der Waals surface area contributed by atoms with E-state index < -0.39 is 53.5 Å². The van der Waals surface area contributed by atoms with Crippen LogP contribution in [0.5, 0.6) is 0 Å². The maximum Gasteiger partial charge on any atom is 0.419 e. The molecular weight excluding hydrogens is 812 g/mol. The van der Waals surface area contributed by atoms with Gasteiger partial charge in [-0.15, -0.1) is 5.10 Å². The molecule has 20 heteroatoms. The number of aliphatic hydroxyl groups is 1. The summed E-state index contributed by atoms with van der Waals surface area (Å²) >= 11 is 6.32. The van der Waals surface area contributed by atoms with Crippen molar-refractivity contribution in [3.63, 3.8) is 0 Å². The number of ether oxygens (including phenoxy) is 1. The molecule has 0 saturated carbocycles. The highest BCUT2D eigenvalue weighted by molar-refractivity contribution is 6.41. The number of benzene rings is 3. The van der Waals surface area contributed by atoms with Crippen molar-refractivity contribution < 1.29 is 43.7 Å². The monoisotopic (exact) mass is 856 g/mol. The molecule has 2 unspecified atom stereocenters. The minimum absolute atomic E-state index is 0.0322. The van der Waals surface area contributed by atoms with Crippen molar-refractivity contribution in [3.8, 4) is 5.69 Å². The van der Waals surface area contributed by atoms with E-state index in [0.29, 0.717) is 33.8 Å². The van der Waals surface area contributed by atoms with Crippen LogP contribution in [0.3, 0.4) is 0 Å². The molecule has 1 fully saturated rings. The van der Waals surface area contributed by atoms with Crippen molar-refractivity contribution >= 4 is 75.4 Å². The van der Waals surface area contributed by atoms with E-state index in [9.17, 15) is 39.0 Å². The molecule has 0 bridgehead atoms. The molecule has 3 aromatic carbocycles. The lowest BCUT2D eigenvalue weighted by Gasteiger charge is -2.38. The van der Waals surface area contributed by atoms with Gasteiger partial charge in [0.1, 0.15) is 23.7 Å². The Bertz CT molecular complexity index is 2460. The van der Waals surface area contributed by atoms with Gasteiger partial charge in [-0.1, -0.05) is 37.6 Å². The van der Waals surface area contributed by atoms with Gasteiger partial charge >= 0.3 is 29.9 Å². The number of rotatable bonds is 13. The molecule has 1 saturated heterocycles. The number of tetrazole rings is 1. The van der Waals surface area contributed by atoms with Crippen LogP contribution >= 0.6 is 11.6 Å². The third kappa shape index (κ3) is 10.3. The van der Waals surface area contributed by atoms with Gasteiger partial charge in [-0.25, -0.2) is 19.0 Å². The van der Waals surface area contributed by atoms with Crippen LogP contribution in [-0.2, 0) is 25.5 Å². The summed E-state index contributed by atoms with van der Waals surface area (Å²) in [6, 6.07) is 14.8. The fraction of sp³-hybridized carbons (Fsp3) is 0.341. The molecule has 2 aromatic heterocycles. The Hall–Kier alpha value is -6.86. The van der Waals surface area contributed by atoms with Crippen LogP contribution in [0, 0.1) is 5.92 Å². The van der Waals surface area contributed by atoms with Crippen LogP contribution < -0.4 is 20.9 Å². The SMILES string of the molecule is CC(C)CC(CO)NC(=O)Nc1ccc(CC(C(=O)Nc2ccc3c(c2)cc(C(=O)O)n3C(=O)OC(C)(C)C)N2CCN(c3cc(Cl)ccc3-n3cnnn3)C(=O)C2=O)cc1. The minimum Gasteiger partial charge on any atom is -0.477 e. The van der Waals surface area contributed by atoms with Crippen molar-refractivity contribution in [1.29, 1.82) is 0 Å². The highest BCUT2D eigenvalue weighted by atomic mass is 35.5. The Labute approximate surface area is 354 Å². The van der Waals surface area contributed by atoms with E-state index in [-0.39, 0.29) is 54.6 Å². The maximum absolute atomic E-state index is 14.3. The summed E-state index contributed by atoms with van der Waals surface area (Å²) in [5.74, 6) is -3.70. The van der Waals surface area contributed by atoms with E-state index in [4.69, 9.17) is 16.3 Å². The molecule has 1 aliphatic heterocycles. The van der Waals surface area contributed by atoms with Crippen LogP contribution in [0.2, 0.25) is 5.02 Å². The first-order valence-corrected chi connectivity index (χ1v) is 19.7. The van der Waals surface area contributed by atoms with Gasteiger partial charge in [-0.3, -0.25) is 14.4 Å². The number of anilines is 3. The van der Waals surface area contributed by atoms with Crippen LogP contribution in [-0.4, -0.2) is 113 Å². The average Bonchev–Trinajstić information content (AvgIpc) is 3.87. The van der Waals surface area contributed by atoms with Crippen molar-refractivity contribution in [2.75, 3.05) is 35.2 Å². The third-order valence-electron chi connectivity index (χ3n) is 9.57. The van der Waals surface area contributed by atoms with Crippen molar-refractivity contribution in [2.24, 2.45) is 5.92 Å². The second-order valence-corrected chi connectivity index (χ2v) is 16.2. The largest absolute Gasteiger partial charge is 0.477 e. The normalized spacial score (nSPS) is 14.2. The van der Waals surface area contributed by atoms with E-state index in [1.165, 1.54) is 51.1 Å². The summed E-state index contributed by atoms with van der Waals surface area (Å²) in [6.45, 7) is 8.58. The van der Waals surface area contributed by atoms with Gasteiger partial charge in [0, 0.05) is 41.3 Å². The number of aliphatic hydroxyl groups excluding tert-OH is 1. The van der Waals surface area contributed by atoms with Gasteiger partial charge in [0.25, 0.3) is 0 Å². The number of fused-ring (bicyclic) bond motifs is 1. The standard InChI is InChI=1S/C41H45ClN10O9/c1-23(2)16-29(21-53)46-39(59)45-27-9-6-24(7-10-27)17-33(50-15-14-49(36(55)37(50)56)32-20-26(42)8-12-31(32)51-22-43-47-48-51)35(54)44-28-11-13-30-25(18-28)19-34(38(57)58)52(30)40(60)61-41(3,4)5/h6-13,18-20,22-23,29,33,53H,14-17,21H2,1-5H3,(H,44,54)(H,57,58)(H2,45,46,59). The number of nitrogens with zero attached hydrogens (tertiary/aromatic N) is 7. The Morgan fingerprint density at radius 3 is 2.26 bits per heavy atom. The Balaban J connectivity index is 1.28. The van der Waals surface area contributed by atoms with Gasteiger partial charge < -0.3 is 40.7 Å². The summed E-state index contributed by atoms with van der Waals surface area (Å²) in [4.78, 5) is 82.7. The molecule has 5 N–H and O–H groups in total. The summed E-state index contributed by atoms with van der Waals surface area (Å²) in [7, 11) is 0. The topological polar surface area (TPSA) is 243 Å². The average molecular weight is 857 g/mol. The van der Waals surface area contributed by atoms with Crippen LogP contribution in [0.4, 0.5) is 26.7 Å². The Morgan fingerprint density at radius 1 is 0.902 bits per heavy atom. The molecule has 19 nitrogen and oxygen atoms in total. The lowest BCUT2D eigenvalue weighted by atomic mass is 10.0. The molecule has 0 aliphatic carbocycles. The maximum atomic E-state index is 14.3. The molecular formula is C41H45ClN10O9. The van der Waals surface area contributed by atoms with Crippen molar-refractivity contribution in [2.45, 2.75) is 65.1 Å². The minimum atomic E-state index is -1.37. The first-order chi connectivity index (χ1) is 28.9. The Kier molecular flexibility index (Phi) is 13.0. The molecule has 320 valence electrons. The van der Waals surface area contributed by atoms with Crippen LogP contribution in [0.15, 0.2) is 73.1 Å². The second-order valence-electron chi connectivity index (χ2n) is 15.8. The fourth-order valence-electron chi connectivity index (χ4n) is 6.93. The smallest absolute Gasteiger partial charge is 0.419 e. The number of hydrogen-bond acceptors (Lipinski definition) is 11. The molecule has 0 spiro atoms. The number of piperazine rings is 1. The number of aromatic carboxylic acids is 1. The lowest BCUT2D eigenvalue weighted by Crippen LogP contribution is -2.60. The van der Waals surface area contributed by atoms with E-state index in [2.05, 4.69) is 31.5 Å². The molecule has 1 aliphatic rings. The number of carboxylic acids is 1. The predicted octanol–water partition coefficient (Wildman–Crippen LogP) is 4.71. The number of carboxylic acid groups (broad SMARTS) is 1. The first kappa shape index (κ1) is 43.7. The number of amides is 5. The van der Waals surface area contributed by atoms with E-state index in [1.807, 2.05) is 13.8 Å². The van der Waals surface area contributed by atoms with E-state index in [1.54, 1.807) is 57.2 Å². The van der Waals surface area contributed by atoms with Crippen molar-refractivity contribution in [1.82, 2.24) is 35.0 Å². The molecule has 5 aromatic rings. The summed E-state index contributed by atoms with van der Waals surface area (Å²) in [6.07, 6.45) is 0.945. The Morgan fingerprint density at radius 2 is 1.62 bits per heavy atom. The highest BCUT2D eigenvalue weighted by Gasteiger charge is 2.41. The number of carbonyl (C=O) groups is 6. The quantitative estimate of drug-likeness (QED) is 0.101. The number of nitrogens with one attached hydrogen (secondary N) is 3. The van der Waals surface area contributed by atoms with E-state index in [0.717, 1.165) is 4.57 Å². The van der Waals surface area contributed by atoms with Gasteiger partial charge in [0.05, 0.1) is 29.5 Å². The molecule has 2 atom stereocenters. The predicted molar refractivity (Wildman–Crippen MR) is 224 cm³/mol. The molecule has 3 heterocycles. The zero-order valence-electron chi connectivity index (χ0n) is 34.0. The van der Waals surface area contributed by atoms with Gasteiger partial charge in [0.15, 0.2) is 0 Å². The zero-order valence-corrected chi connectivity index (χ0v) is 34.7. The molecule has 6 rings (SSSR count). The molecule has 61 heavy (non-hydrogen) atoms. The number of aromatic nitrogens is 5. The number of halogens is 1. The first-order valence-electron chi connectivity index (χ1n) is 19.3.